The summed E-state index contributed by atoms with van der Waals surface area (Å²) >= 11 is 1.17. The van der Waals surface area contributed by atoms with Crippen molar-refractivity contribution in [2.75, 3.05) is 13.1 Å². The highest BCUT2D eigenvalue weighted by Crippen LogP contribution is 2.40. The fraction of sp³-hybridized carbons (Fsp3) is 0.571. The van der Waals surface area contributed by atoms with E-state index in [1.165, 1.54) is 11.3 Å². The fourth-order valence-corrected chi connectivity index (χ4v) is 6.04. The Hall–Kier alpha value is -1.60. The summed E-state index contributed by atoms with van der Waals surface area (Å²) in [5.74, 6) is 0.282. The number of aryl methyl sites for hydroxylation is 1. The molecule has 1 N–H and O–H groups in total. The van der Waals surface area contributed by atoms with Crippen LogP contribution in [0.25, 0.3) is 10.1 Å². The van der Waals surface area contributed by atoms with Crippen LogP contribution in [0.5, 0.6) is 0 Å². The van der Waals surface area contributed by atoms with Gasteiger partial charge >= 0.3 is 6.18 Å². The van der Waals surface area contributed by atoms with Crippen LogP contribution in [-0.4, -0.2) is 41.7 Å². The molecule has 3 saturated heterocycles. The van der Waals surface area contributed by atoms with Crippen LogP contribution >= 0.6 is 11.3 Å². The van der Waals surface area contributed by atoms with Gasteiger partial charge in [-0.25, -0.2) is 0 Å². The number of hydrogen-bond donors (Lipinski definition) is 1. The third kappa shape index (κ3) is 3.43. The second-order valence-electron chi connectivity index (χ2n) is 8.61. The normalized spacial score (nSPS) is 26.6. The number of carbonyl (C=O) groups excluding carboxylic acids is 1. The summed E-state index contributed by atoms with van der Waals surface area (Å²) in [5, 5.41) is 3.91. The highest BCUT2D eigenvalue weighted by molar-refractivity contribution is 7.21. The summed E-state index contributed by atoms with van der Waals surface area (Å²) in [5.41, 5.74) is 0.778. The first-order chi connectivity index (χ1) is 13.1. The third-order valence-corrected chi connectivity index (χ3v) is 7.71. The number of hydrogen-bond acceptors (Lipinski definition) is 3. The first-order valence-electron chi connectivity index (χ1n) is 9.71. The Labute approximate surface area is 166 Å². The molecule has 7 heteroatoms. The van der Waals surface area contributed by atoms with E-state index in [4.69, 9.17) is 0 Å². The van der Waals surface area contributed by atoms with E-state index in [-0.39, 0.29) is 23.1 Å². The van der Waals surface area contributed by atoms with E-state index >= 15 is 0 Å². The van der Waals surface area contributed by atoms with Gasteiger partial charge in [0.1, 0.15) is 0 Å². The van der Waals surface area contributed by atoms with Gasteiger partial charge in [0.2, 0.25) is 0 Å². The van der Waals surface area contributed by atoms with Crippen molar-refractivity contribution in [3.63, 3.8) is 0 Å². The van der Waals surface area contributed by atoms with Crippen molar-refractivity contribution in [1.29, 1.82) is 0 Å². The number of amides is 1. The molecule has 0 aliphatic carbocycles. The quantitative estimate of drug-likeness (QED) is 0.779. The Morgan fingerprint density at radius 3 is 2.57 bits per heavy atom. The second-order valence-corrected chi connectivity index (χ2v) is 9.66. The van der Waals surface area contributed by atoms with Gasteiger partial charge in [0, 0.05) is 16.3 Å². The number of carbonyl (C=O) groups is 1. The fourth-order valence-electron chi connectivity index (χ4n) is 4.88. The summed E-state index contributed by atoms with van der Waals surface area (Å²) in [6.07, 6.45) is -3.08. The Bertz CT molecular complexity index is 910. The molecule has 4 heterocycles. The molecule has 1 aromatic carbocycles. The van der Waals surface area contributed by atoms with E-state index in [2.05, 4.69) is 24.1 Å². The number of thiophene rings is 1. The molecule has 1 amide bonds. The monoisotopic (exact) mass is 410 g/mol. The van der Waals surface area contributed by atoms with Crippen molar-refractivity contribution in [3.05, 3.63) is 34.2 Å². The van der Waals surface area contributed by atoms with Crippen LogP contribution in [0.2, 0.25) is 0 Å². The zero-order valence-corrected chi connectivity index (χ0v) is 17.1. The molecule has 1 aromatic heterocycles. The lowest BCUT2D eigenvalue weighted by molar-refractivity contribution is -0.127. The molecule has 3 fully saturated rings. The van der Waals surface area contributed by atoms with Crippen LogP contribution in [0.3, 0.4) is 0 Å². The molecule has 0 spiro atoms. The zero-order valence-electron chi connectivity index (χ0n) is 16.3. The van der Waals surface area contributed by atoms with Crippen LogP contribution in [0.4, 0.5) is 13.2 Å². The molecule has 3 aliphatic rings. The van der Waals surface area contributed by atoms with Crippen LogP contribution in [0.15, 0.2) is 18.2 Å². The average molecular weight is 411 g/mol. The van der Waals surface area contributed by atoms with Crippen molar-refractivity contribution < 1.29 is 18.0 Å². The van der Waals surface area contributed by atoms with Crippen molar-refractivity contribution in [2.24, 2.45) is 5.92 Å². The van der Waals surface area contributed by atoms with Crippen LogP contribution in [0, 0.1) is 12.8 Å². The number of piperidine rings is 3. The molecule has 5 rings (SSSR count). The minimum atomic E-state index is -4.27. The van der Waals surface area contributed by atoms with E-state index in [9.17, 15) is 18.0 Å². The highest BCUT2D eigenvalue weighted by atomic mass is 32.1. The summed E-state index contributed by atoms with van der Waals surface area (Å²) in [4.78, 5) is 15.9. The number of rotatable bonds is 3. The predicted octanol–water partition coefficient (Wildman–Crippen LogP) is 4.92. The van der Waals surface area contributed by atoms with Gasteiger partial charge < -0.3 is 5.32 Å². The minimum Gasteiger partial charge on any atom is -0.346 e. The molecule has 1 atom stereocenters. The molecule has 152 valence electrons. The molecule has 28 heavy (non-hydrogen) atoms. The van der Waals surface area contributed by atoms with E-state index in [1.54, 1.807) is 25.1 Å². The highest BCUT2D eigenvalue weighted by Gasteiger charge is 2.48. The van der Waals surface area contributed by atoms with Gasteiger partial charge in [-0.2, -0.15) is 13.2 Å². The number of nitrogens with one attached hydrogen (secondary N) is 1. The molecular formula is C21H25F3N2OS. The molecule has 2 bridgehead atoms. The zero-order chi connectivity index (χ0) is 20.3. The minimum absolute atomic E-state index is 0.0593. The van der Waals surface area contributed by atoms with Gasteiger partial charge in [-0.1, -0.05) is 12.1 Å². The summed E-state index contributed by atoms with van der Waals surface area (Å²) in [6.45, 7) is 8.15. The lowest BCUT2D eigenvalue weighted by Gasteiger charge is -2.56. The largest absolute Gasteiger partial charge is 0.393 e. The number of halogens is 3. The van der Waals surface area contributed by atoms with Crippen molar-refractivity contribution in [2.45, 2.75) is 57.8 Å². The Morgan fingerprint density at radius 1 is 1.29 bits per heavy atom. The number of nitrogens with zero attached hydrogens (tertiary/aromatic N) is 1. The lowest BCUT2D eigenvalue weighted by atomic mass is 9.72. The van der Waals surface area contributed by atoms with Crippen molar-refractivity contribution in [3.8, 4) is 0 Å². The maximum Gasteiger partial charge on any atom is 0.393 e. The summed E-state index contributed by atoms with van der Waals surface area (Å²) in [6, 6.07) is 5.29. The van der Waals surface area contributed by atoms with E-state index in [1.807, 2.05) is 0 Å². The van der Waals surface area contributed by atoms with Gasteiger partial charge in [-0.05, 0) is 75.2 Å². The molecule has 3 nitrogen and oxygen atoms in total. The topological polar surface area (TPSA) is 32.3 Å². The maximum atomic E-state index is 13.0. The van der Waals surface area contributed by atoms with Crippen LogP contribution < -0.4 is 5.32 Å². The number of fused-ring (bicyclic) bond motifs is 4. The van der Waals surface area contributed by atoms with Gasteiger partial charge in [0.25, 0.3) is 5.91 Å². The summed E-state index contributed by atoms with van der Waals surface area (Å²) < 4.78 is 39.6. The van der Waals surface area contributed by atoms with Gasteiger partial charge in [-0.3, -0.25) is 9.69 Å². The SMILES string of the molecule is Cc1ccc2cc(C(=O)N[C@H]3C4CCN(CC4)C3(C)C)sc2c1CC(F)(F)F. The third-order valence-electron chi connectivity index (χ3n) is 6.50. The molecule has 0 radical (unpaired) electrons. The Balaban J connectivity index is 1.63. The first kappa shape index (κ1) is 19.7. The van der Waals surface area contributed by atoms with E-state index < -0.39 is 12.6 Å². The van der Waals surface area contributed by atoms with E-state index in [0.29, 0.717) is 26.4 Å². The van der Waals surface area contributed by atoms with Crippen LogP contribution in [-0.2, 0) is 6.42 Å². The molecule has 0 saturated carbocycles. The molecule has 3 aliphatic heterocycles. The maximum absolute atomic E-state index is 13.0. The second kappa shape index (κ2) is 6.73. The van der Waals surface area contributed by atoms with Gasteiger partial charge in [0.05, 0.1) is 11.3 Å². The first-order valence-corrected chi connectivity index (χ1v) is 10.5. The van der Waals surface area contributed by atoms with E-state index in [0.717, 1.165) is 25.9 Å². The van der Waals surface area contributed by atoms with Gasteiger partial charge in [-0.15, -0.1) is 11.3 Å². The summed E-state index contributed by atoms with van der Waals surface area (Å²) in [7, 11) is 0. The number of benzene rings is 1. The standard InChI is InChI=1S/C21H25F3N2OS/c1-12-4-5-14-10-16(28-17(14)15(12)11-21(22,23)24)19(27)25-18-13-6-8-26(9-7-13)20(18,2)3/h4-5,10,13,18H,6-9,11H2,1-3H3,(H,25,27)/t18-/m0/s1. The Morgan fingerprint density at radius 2 is 1.96 bits per heavy atom. The van der Waals surface area contributed by atoms with Crippen molar-refractivity contribution >= 4 is 27.3 Å². The number of alkyl halides is 3. The lowest BCUT2D eigenvalue weighted by Crippen LogP contribution is -2.69. The molecular weight excluding hydrogens is 385 g/mol. The van der Waals surface area contributed by atoms with Crippen LogP contribution in [0.1, 0.15) is 47.5 Å². The van der Waals surface area contributed by atoms with Crippen molar-refractivity contribution in [1.82, 2.24) is 10.2 Å². The van der Waals surface area contributed by atoms with Gasteiger partial charge in [0.15, 0.2) is 0 Å². The predicted molar refractivity (Wildman–Crippen MR) is 106 cm³/mol. The molecule has 0 unspecified atom stereocenters. The molecule has 2 aromatic rings. The Kier molecular flexibility index (Phi) is 4.74. The smallest absolute Gasteiger partial charge is 0.346 e. The average Bonchev–Trinajstić information content (AvgIpc) is 3.05.